The highest BCUT2D eigenvalue weighted by Crippen LogP contribution is 2.31. The Morgan fingerprint density at radius 2 is 1.76 bits per heavy atom. The van der Waals surface area contributed by atoms with Crippen LogP contribution in [-0.4, -0.2) is 0 Å². The van der Waals surface area contributed by atoms with E-state index in [9.17, 15) is 4.79 Å². The third-order valence-electron chi connectivity index (χ3n) is 2.88. The summed E-state index contributed by atoms with van der Waals surface area (Å²) in [6.07, 6.45) is 0. The van der Waals surface area contributed by atoms with E-state index < -0.39 is 0 Å². The van der Waals surface area contributed by atoms with E-state index in [-0.39, 0.29) is 5.63 Å². The van der Waals surface area contributed by atoms with Crippen molar-refractivity contribution < 1.29 is 8.83 Å². The number of halogens is 1. The average molecular weight is 293 g/mol. The molecule has 0 saturated carbocycles. The normalized spacial score (nSPS) is 11.5. The molecule has 0 atom stereocenters. The molecule has 4 heteroatoms. The highest BCUT2D eigenvalue weighted by atomic mass is 79.9. The summed E-state index contributed by atoms with van der Waals surface area (Å²) in [4.78, 5) is 11.9. The van der Waals surface area contributed by atoms with E-state index in [4.69, 9.17) is 8.83 Å². The lowest BCUT2D eigenvalue weighted by molar-refractivity contribution is 0.508. The Kier molecular flexibility index (Phi) is 2.16. The Hall–Kier alpha value is -1.55. The van der Waals surface area contributed by atoms with E-state index in [1.54, 1.807) is 13.0 Å². The first kappa shape index (κ1) is 10.6. The van der Waals surface area contributed by atoms with Crippen molar-refractivity contribution in [3.63, 3.8) is 0 Å². The van der Waals surface area contributed by atoms with Crippen LogP contribution < -0.4 is 5.63 Å². The molecule has 3 aromatic rings. The number of furan rings is 1. The van der Waals surface area contributed by atoms with Gasteiger partial charge in [-0.1, -0.05) is 15.9 Å². The van der Waals surface area contributed by atoms with E-state index in [2.05, 4.69) is 15.9 Å². The quantitative estimate of drug-likeness (QED) is 0.590. The molecular formula is C13H9BrO3. The lowest BCUT2D eigenvalue weighted by Crippen LogP contribution is -1.99. The molecule has 2 aromatic heterocycles. The van der Waals surface area contributed by atoms with Crippen molar-refractivity contribution in [1.82, 2.24) is 0 Å². The number of hydrogen-bond donors (Lipinski definition) is 0. The van der Waals surface area contributed by atoms with Gasteiger partial charge in [-0.15, -0.1) is 0 Å². The Bertz CT molecular complexity index is 796. The number of benzene rings is 1. The summed E-state index contributed by atoms with van der Waals surface area (Å²) < 4.78 is 11.7. The molecule has 0 bridgehead atoms. The summed E-state index contributed by atoms with van der Waals surface area (Å²) in [7, 11) is 0. The van der Waals surface area contributed by atoms with E-state index in [1.165, 1.54) is 0 Å². The van der Waals surface area contributed by atoms with Crippen LogP contribution in [0.2, 0.25) is 0 Å². The zero-order valence-electron chi connectivity index (χ0n) is 9.33. The molecule has 3 rings (SSSR count). The monoisotopic (exact) mass is 292 g/mol. The minimum Gasteiger partial charge on any atom is -0.465 e. The van der Waals surface area contributed by atoms with Gasteiger partial charge in [0.15, 0.2) is 0 Å². The number of rotatable bonds is 0. The Labute approximate surface area is 105 Å². The van der Waals surface area contributed by atoms with Gasteiger partial charge in [0.1, 0.15) is 22.5 Å². The molecule has 0 saturated heterocycles. The van der Waals surface area contributed by atoms with Gasteiger partial charge in [-0.25, -0.2) is 4.79 Å². The fourth-order valence-electron chi connectivity index (χ4n) is 2.19. The predicted molar refractivity (Wildman–Crippen MR) is 69.4 cm³/mol. The minimum atomic E-state index is -0.343. The largest absolute Gasteiger partial charge is 0.465 e. The molecule has 0 spiro atoms. The van der Waals surface area contributed by atoms with Crippen LogP contribution >= 0.6 is 15.9 Å². The molecule has 1 aromatic carbocycles. The van der Waals surface area contributed by atoms with Crippen molar-refractivity contribution in [2.75, 3.05) is 0 Å². The Morgan fingerprint density at radius 3 is 2.53 bits per heavy atom. The standard InChI is InChI=1S/C13H9BrO3/c1-6-11-9-5-8(14)3-4-10(9)17-13(15)12(11)7(2)16-6/h3-5H,1-2H3. The van der Waals surface area contributed by atoms with Crippen LogP contribution in [0.5, 0.6) is 0 Å². The third-order valence-corrected chi connectivity index (χ3v) is 3.37. The maximum Gasteiger partial charge on any atom is 0.347 e. The van der Waals surface area contributed by atoms with Crippen molar-refractivity contribution in [3.05, 3.63) is 44.6 Å². The Morgan fingerprint density at radius 1 is 1.06 bits per heavy atom. The smallest absolute Gasteiger partial charge is 0.347 e. The highest BCUT2D eigenvalue weighted by molar-refractivity contribution is 9.10. The van der Waals surface area contributed by atoms with Crippen LogP contribution in [0.3, 0.4) is 0 Å². The summed E-state index contributed by atoms with van der Waals surface area (Å²) >= 11 is 3.42. The van der Waals surface area contributed by atoms with Crippen molar-refractivity contribution in [2.24, 2.45) is 0 Å². The topological polar surface area (TPSA) is 43.4 Å². The summed E-state index contributed by atoms with van der Waals surface area (Å²) in [5.74, 6) is 1.35. The molecule has 0 N–H and O–H groups in total. The van der Waals surface area contributed by atoms with Crippen LogP contribution in [0.15, 0.2) is 36.3 Å². The van der Waals surface area contributed by atoms with E-state index in [0.29, 0.717) is 16.7 Å². The Balaban J connectivity index is 2.71. The molecule has 0 aliphatic carbocycles. The van der Waals surface area contributed by atoms with Crippen LogP contribution in [0.1, 0.15) is 11.5 Å². The van der Waals surface area contributed by atoms with Crippen molar-refractivity contribution >= 4 is 37.7 Å². The highest BCUT2D eigenvalue weighted by Gasteiger charge is 2.16. The van der Waals surface area contributed by atoms with Gasteiger partial charge in [-0.2, -0.15) is 0 Å². The molecule has 0 amide bonds. The average Bonchev–Trinajstić information content (AvgIpc) is 2.56. The lowest BCUT2D eigenvalue weighted by Gasteiger charge is -1.99. The molecule has 2 heterocycles. The maximum absolute atomic E-state index is 11.9. The van der Waals surface area contributed by atoms with Gasteiger partial charge >= 0.3 is 5.63 Å². The van der Waals surface area contributed by atoms with Crippen LogP contribution in [0, 0.1) is 13.8 Å². The third kappa shape index (κ3) is 1.44. The van der Waals surface area contributed by atoms with Gasteiger partial charge in [0, 0.05) is 15.2 Å². The summed E-state index contributed by atoms with van der Waals surface area (Å²) in [5, 5.41) is 2.27. The molecule has 0 fully saturated rings. The van der Waals surface area contributed by atoms with Gasteiger partial charge < -0.3 is 8.83 Å². The van der Waals surface area contributed by atoms with Crippen LogP contribution in [0.25, 0.3) is 21.7 Å². The van der Waals surface area contributed by atoms with Gasteiger partial charge in [-0.05, 0) is 32.0 Å². The molecule has 0 aliphatic heterocycles. The summed E-state index contributed by atoms with van der Waals surface area (Å²) in [6.45, 7) is 3.63. The second-order valence-electron chi connectivity index (χ2n) is 3.99. The zero-order chi connectivity index (χ0) is 12.2. The first-order valence-electron chi connectivity index (χ1n) is 5.20. The van der Waals surface area contributed by atoms with E-state index in [1.807, 2.05) is 19.1 Å². The first-order chi connectivity index (χ1) is 8.08. The van der Waals surface area contributed by atoms with E-state index in [0.717, 1.165) is 21.0 Å². The lowest BCUT2D eigenvalue weighted by atomic mass is 10.1. The van der Waals surface area contributed by atoms with Gasteiger partial charge in [-0.3, -0.25) is 0 Å². The summed E-state index contributed by atoms with van der Waals surface area (Å²) in [5.41, 5.74) is 0.235. The van der Waals surface area contributed by atoms with Gasteiger partial charge in [0.25, 0.3) is 0 Å². The number of fused-ring (bicyclic) bond motifs is 3. The maximum atomic E-state index is 11.9. The first-order valence-corrected chi connectivity index (χ1v) is 5.99. The molecule has 17 heavy (non-hydrogen) atoms. The van der Waals surface area contributed by atoms with E-state index >= 15 is 0 Å². The van der Waals surface area contributed by atoms with Gasteiger partial charge in [0.2, 0.25) is 0 Å². The SMILES string of the molecule is Cc1oc(C)c2c1c(=O)oc1ccc(Br)cc12. The number of aryl methyl sites for hydroxylation is 2. The second-order valence-corrected chi connectivity index (χ2v) is 4.91. The van der Waals surface area contributed by atoms with Gasteiger partial charge in [0.05, 0.1) is 0 Å². The molecule has 0 radical (unpaired) electrons. The van der Waals surface area contributed by atoms with Crippen LogP contribution in [-0.2, 0) is 0 Å². The zero-order valence-corrected chi connectivity index (χ0v) is 10.9. The molecule has 3 nitrogen and oxygen atoms in total. The fourth-order valence-corrected chi connectivity index (χ4v) is 2.55. The fraction of sp³-hybridized carbons (Fsp3) is 0.154. The molecule has 0 unspecified atom stereocenters. The predicted octanol–water partition coefficient (Wildman–Crippen LogP) is 3.92. The second kappa shape index (κ2) is 3.47. The number of hydrogen-bond acceptors (Lipinski definition) is 3. The van der Waals surface area contributed by atoms with Crippen molar-refractivity contribution in [1.29, 1.82) is 0 Å². The summed E-state index contributed by atoms with van der Waals surface area (Å²) in [6, 6.07) is 5.56. The molecule has 86 valence electrons. The van der Waals surface area contributed by atoms with Crippen molar-refractivity contribution in [3.8, 4) is 0 Å². The minimum absolute atomic E-state index is 0.343. The van der Waals surface area contributed by atoms with Crippen LogP contribution in [0.4, 0.5) is 0 Å². The molecular weight excluding hydrogens is 284 g/mol. The van der Waals surface area contributed by atoms with Crippen molar-refractivity contribution in [2.45, 2.75) is 13.8 Å². The molecule has 0 aliphatic rings.